The summed E-state index contributed by atoms with van der Waals surface area (Å²) < 4.78 is 0. The van der Waals surface area contributed by atoms with Gasteiger partial charge in [-0.25, -0.2) is 0 Å². The van der Waals surface area contributed by atoms with Crippen molar-refractivity contribution in [1.82, 2.24) is 0 Å². The average Bonchev–Trinajstić information content (AvgIpc) is 2.33. The normalized spacial score (nSPS) is 12.5. The molecule has 2 aromatic carbocycles. The molecule has 88 valence electrons. The summed E-state index contributed by atoms with van der Waals surface area (Å²) in [5.41, 5.74) is 8.92. The SMILES string of the molecule is CC(N)c1cccc(-c2cccc(Cl)c2Cl)c1. The molecule has 0 bridgehead atoms. The summed E-state index contributed by atoms with van der Waals surface area (Å²) in [6.07, 6.45) is 0. The molecule has 0 spiro atoms. The maximum atomic E-state index is 6.20. The summed E-state index contributed by atoms with van der Waals surface area (Å²) in [5, 5.41) is 1.14. The first-order valence-electron chi connectivity index (χ1n) is 5.39. The molecule has 0 aliphatic rings. The third-order valence-electron chi connectivity index (χ3n) is 2.68. The smallest absolute Gasteiger partial charge is 0.0670 e. The van der Waals surface area contributed by atoms with Gasteiger partial charge in [0.2, 0.25) is 0 Å². The molecule has 0 heterocycles. The van der Waals surface area contributed by atoms with E-state index in [1.165, 1.54) is 0 Å². The van der Waals surface area contributed by atoms with E-state index in [-0.39, 0.29) is 6.04 Å². The molecule has 0 saturated carbocycles. The van der Waals surface area contributed by atoms with Crippen LogP contribution in [-0.4, -0.2) is 0 Å². The van der Waals surface area contributed by atoms with Gasteiger partial charge in [0.05, 0.1) is 10.0 Å². The van der Waals surface area contributed by atoms with Crippen LogP contribution in [0.3, 0.4) is 0 Å². The first kappa shape index (κ1) is 12.4. The van der Waals surface area contributed by atoms with E-state index in [0.717, 1.165) is 16.7 Å². The zero-order valence-electron chi connectivity index (χ0n) is 9.45. The van der Waals surface area contributed by atoms with Crippen molar-refractivity contribution < 1.29 is 0 Å². The summed E-state index contributed by atoms with van der Waals surface area (Å²) in [7, 11) is 0. The fourth-order valence-electron chi connectivity index (χ4n) is 1.72. The van der Waals surface area contributed by atoms with Gasteiger partial charge in [-0.05, 0) is 30.2 Å². The van der Waals surface area contributed by atoms with Gasteiger partial charge in [-0.2, -0.15) is 0 Å². The van der Waals surface area contributed by atoms with Crippen LogP contribution in [0.5, 0.6) is 0 Å². The van der Waals surface area contributed by atoms with Gasteiger partial charge in [0, 0.05) is 11.6 Å². The molecule has 0 saturated heterocycles. The fourth-order valence-corrected chi connectivity index (χ4v) is 2.13. The Labute approximate surface area is 111 Å². The van der Waals surface area contributed by atoms with Crippen LogP contribution in [0.2, 0.25) is 10.0 Å². The highest BCUT2D eigenvalue weighted by Gasteiger charge is 2.08. The minimum Gasteiger partial charge on any atom is -0.324 e. The highest BCUT2D eigenvalue weighted by molar-refractivity contribution is 6.43. The van der Waals surface area contributed by atoms with Gasteiger partial charge in [-0.15, -0.1) is 0 Å². The van der Waals surface area contributed by atoms with E-state index >= 15 is 0 Å². The molecule has 2 N–H and O–H groups in total. The molecule has 0 aromatic heterocycles. The van der Waals surface area contributed by atoms with Crippen LogP contribution in [0.4, 0.5) is 0 Å². The van der Waals surface area contributed by atoms with E-state index in [2.05, 4.69) is 0 Å². The van der Waals surface area contributed by atoms with Gasteiger partial charge < -0.3 is 5.73 Å². The first-order valence-corrected chi connectivity index (χ1v) is 6.15. The zero-order chi connectivity index (χ0) is 12.4. The van der Waals surface area contributed by atoms with E-state index < -0.39 is 0 Å². The molecule has 0 aliphatic heterocycles. The molecule has 0 radical (unpaired) electrons. The fraction of sp³-hybridized carbons (Fsp3) is 0.143. The minimum atomic E-state index is 0.00732. The highest BCUT2D eigenvalue weighted by Crippen LogP contribution is 2.34. The molecule has 2 rings (SSSR count). The number of halogens is 2. The van der Waals surface area contributed by atoms with Gasteiger partial charge in [0.25, 0.3) is 0 Å². The van der Waals surface area contributed by atoms with Crippen molar-refractivity contribution in [3.63, 3.8) is 0 Å². The summed E-state index contributed by atoms with van der Waals surface area (Å²) in [4.78, 5) is 0. The molecule has 0 aliphatic carbocycles. The van der Waals surface area contributed by atoms with Crippen LogP contribution in [0.1, 0.15) is 18.5 Å². The quantitative estimate of drug-likeness (QED) is 0.839. The molecule has 0 amide bonds. The summed E-state index contributed by atoms with van der Waals surface area (Å²) in [6.45, 7) is 1.96. The third-order valence-corrected chi connectivity index (χ3v) is 3.49. The maximum absolute atomic E-state index is 6.20. The minimum absolute atomic E-state index is 0.00732. The van der Waals surface area contributed by atoms with Crippen LogP contribution in [0.25, 0.3) is 11.1 Å². The second-order valence-corrected chi connectivity index (χ2v) is 4.80. The van der Waals surface area contributed by atoms with E-state index in [1.54, 1.807) is 6.07 Å². The lowest BCUT2D eigenvalue weighted by Gasteiger charge is -2.10. The molecule has 2 aromatic rings. The molecule has 1 atom stereocenters. The third kappa shape index (κ3) is 2.63. The van der Waals surface area contributed by atoms with Crippen molar-refractivity contribution in [2.24, 2.45) is 5.73 Å². The highest BCUT2D eigenvalue weighted by atomic mass is 35.5. The molecule has 17 heavy (non-hydrogen) atoms. The van der Waals surface area contributed by atoms with Crippen LogP contribution >= 0.6 is 23.2 Å². The van der Waals surface area contributed by atoms with Gasteiger partial charge in [0.15, 0.2) is 0 Å². The van der Waals surface area contributed by atoms with Crippen molar-refractivity contribution in [2.75, 3.05) is 0 Å². The molecule has 0 fully saturated rings. The predicted octanol–water partition coefficient (Wildman–Crippen LogP) is 4.68. The molecule has 1 unspecified atom stereocenters. The second-order valence-electron chi connectivity index (χ2n) is 4.02. The van der Waals surface area contributed by atoms with Crippen molar-refractivity contribution in [3.05, 3.63) is 58.1 Å². The topological polar surface area (TPSA) is 26.0 Å². The van der Waals surface area contributed by atoms with E-state index in [1.807, 2.05) is 43.3 Å². The zero-order valence-corrected chi connectivity index (χ0v) is 11.0. The van der Waals surface area contributed by atoms with Gasteiger partial charge >= 0.3 is 0 Å². The summed E-state index contributed by atoms with van der Waals surface area (Å²) in [6, 6.07) is 13.7. The van der Waals surface area contributed by atoms with Crippen molar-refractivity contribution in [1.29, 1.82) is 0 Å². The van der Waals surface area contributed by atoms with Gasteiger partial charge in [-0.3, -0.25) is 0 Å². The summed E-state index contributed by atoms with van der Waals surface area (Å²) >= 11 is 12.2. The Morgan fingerprint density at radius 1 is 1.06 bits per heavy atom. The molecule has 3 heteroatoms. The first-order chi connectivity index (χ1) is 8.09. The lowest BCUT2D eigenvalue weighted by molar-refractivity contribution is 0.819. The molecular formula is C14H13Cl2N. The van der Waals surface area contributed by atoms with Gasteiger partial charge in [0.1, 0.15) is 0 Å². The Hall–Kier alpha value is -1.02. The van der Waals surface area contributed by atoms with Crippen molar-refractivity contribution >= 4 is 23.2 Å². The number of benzene rings is 2. The largest absolute Gasteiger partial charge is 0.324 e. The maximum Gasteiger partial charge on any atom is 0.0670 e. The molecular weight excluding hydrogens is 253 g/mol. The average molecular weight is 266 g/mol. The van der Waals surface area contributed by atoms with Crippen molar-refractivity contribution in [2.45, 2.75) is 13.0 Å². The Morgan fingerprint density at radius 2 is 1.76 bits per heavy atom. The number of rotatable bonds is 2. The van der Waals surface area contributed by atoms with Crippen molar-refractivity contribution in [3.8, 4) is 11.1 Å². The monoisotopic (exact) mass is 265 g/mol. The Balaban J connectivity index is 2.53. The van der Waals surface area contributed by atoms with E-state index in [0.29, 0.717) is 10.0 Å². The summed E-state index contributed by atoms with van der Waals surface area (Å²) in [5.74, 6) is 0. The van der Waals surface area contributed by atoms with E-state index in [9.17, 15) is 0 Å². The van der Waals surface area contributed by atoms with Crippen LogP contribution in [0.15, 0.2) is 42.5 Å². The Morgan fingerprint density at radius 3 is 2.47 bits per heavy atom. The number of hydrogen-bond acceptors (Lipinski definition) is 1. The Kier molecular flexibility index (Phi) is 3.72. The number of hydrogen-bond donors (Lipinski definition) is 1. The van der Waals surface area contributed by atoms with E-state index in [4.69, 9.17) is 28.9 Å². The standard InChI is InChI=1S/C14H13Cl2N/c1-9(17)10-4-2-5-11(8-10)12-6-3-7-13(15)14(12)16/h2-9H,17H2,1H3. The van der Waals surface area contributed by atoms with Crippen LogP contribution in [-0.2, 0) is 0 Å². The van der Waals surface area contributed by atoms with Crippen LogP contribution in [0, 0.1) is 0 Å². The van der Waals surface area contributed by atoms with Crippen LogP contribution < -0.4 is 5.73 Å². The molecule has 1 nitrogen and oxygen atoms in total. The Bertz CT molecular complexity index is 535. The lowest BCUT2D eigenvalue weighted by Crippen LogP contribution is -2.04. The lowest BCUT2D eigenvalue weighted by atomic mass is 10.0. The van der Waals surface area contributed by atoms with Gasteiger partial charge in [-0.1, -0.05) is 53.5 Å². The predicted molar refractivity (Wildman–Crippen MR) is 74.5 cm³/mol. The second kappa shape index (κ2) is 5.09. The number of nitrogens with two attached hydrogens (primary N) is 1.